The van der Waals surface area contributed by atoms with Gasteiger partial charge < -0.3 is 9.88 Å². The number of aromatic nitrogens is 2. The van der Waals surface area contributed by atoms with Gasteiger partial charge in [0.15, 0.2) is 0 Å². The van der Waals surface area contributed by atoms with Crippen LogP contribution in [-0.2, 0) is 19.8 Å². The van der Waals surface area contributed by atoms with Crippen molar-refractivity contribution in [3.05, 3.63) is 47.0 Å². The number of halogens is 4. The SMILES string of the molecule is Cn1ccnc1CNc1c(Cl)cccc1C(F)(F)F. The van der Waals surface area contributed by atoms with Gasteiger partial charge in [0.2, 0.25) is 0 Å². The zero-order valence-electron chi connectivity index (χ0n) is 10.0. The van der Waals surface area contributed by atoms with Crippen LogP contribution < -0.4 is 5.32 Å². The van der Waals surface area contributed by atoms with E-state index in [1.807, 2.05) is 0 Å². The molecule has 1 aromatic heterocycles. The Morgan fingerprint density at radius 2 is 2.11 bits per heavy atom. The zero-order valence-corrected chi connectivity index (χ0v) is 10.8. The fourth-order valence-electron chi connectivity index (χ4n) is 1.67. The van der Waals surface area contributed by atoms with Crippen LogP contribution in [0, 0.1) is 0 Å². The molecular formula is C12H11ClF3N3. The minimum atomic E-state index is -4.45. The molecule has 0 saturated carbocycles. The second-order valence-electron chi connectivity index (χ2n) is 3.97. The van der Waals surface area contributed by atoms with E-state index in [0.717, 1.165) is 6.07 Å². The summed E-state index contributed by atoms with van der Waals surface area (Å²) in [5.41, 5.74) is -0.908. The van der Waals surface area contributed by atoms with E-state index < -0.39 is 11.7 Å². The van der Waals surface area contributed by atoms with Gasteiger partial charge in [-0.05, 0) is 12.1 Å². The molecule has 0 aliphatic rings. The lowest BCUT2D eigenvalue weighted by Crippen LogP contribution is -2.12. The number of para-hydroxylation sites is 1. The quantitative estimate of drug-likeness (QED) is 0.933. The van der Waals surface area contributed by atoms with E-state index in [1.54, 1.807) is 24.0 Å². The van der Waals surface area contributed by atoms with Gasteiger partial charge in [0, 0.05) is 19.4 Å². The third kappa shape index (κ3) is 3.01. The Balaban J connectivity index is 2.27. The maximum Gasteiger partial charge on any atom is 0.418 e. The van der Waals surface area contributed by atoms with Crippen molar-refractivity contribution in [3.8, 4) is 0 Å². The normalized spacial score (nSPS) is 11.6. The van der Waals surface area contributed by atoms with Crippen molar-refractivity contribution in [2.45, 2.75) is 12.7 Å². The molecule has 7 heteroatoms. The highest BCUT2D eigenvalue weighted by Gasteiger charge is 2.34. The van der Waals surface area contributed by atoms with E-state index in [-0.39, 0.29) is 17.3 Å². The highest BCUT2D eigenvalue weighted by Crippen LogP contribution is 2.38. The molecule has 0 spiro atoms. The minimum absolute atomic E-state index is 0.0315. The Labute approximate surface area is 113 Å². The highest BCUT2D eigenvalue weighted by atomic mass is 35.5. The first-order chi connectivity index (χ1) is 8.89. The van der Waals surface area contributed by atoms with E-state index in [4.69, 9.17) is 11.6 Å². The lowest BCUT2D eigenvalue weighted by molar-refractivity contribution is -0.136. The third-order valence-electron chi connectivity index (χ3n) is 2.66. The summed E-state index contributed by atoms with van der Waals surface area (Å²) >= 11 is 5.83. The van der Waals surface area contributed by atoms with Crippen LogP contribution in [0.2, 0.25) is 5.02 Å². The number of hydrogen-bond acceptors (Lipinski definition) is 2. The van der Waals surface area contributed by atoms with Crippen molar-refractivity contribution >= 4 is 17.3 Å². The molecule has 2 aromatic rings. The Bertz CT molecular complexity index is 578. The van der Waals surface area contributed by atoms with E-state index in [0.29, 0.717) is 5.82 Å². The highest BCUT2D eigenvalue weighted by molar-refractivity contribution is 6.33. The summed E-state index contributed by atoms with van der Waals surface area (Å²) in [7, 11) is 1.77. The van der Waals surface area contributed by atoms with Gasteiger partial charge in [-0.25, -0.2) is 4.98 Å². The first-order valence-electron chi connectivity index (χ1n) is 5.45. The number of nitrogens with zero attached hydrogens (tertiary/aromatic N) is 2. The van der Waals surface area contributed by atoms with Crippen LogP contribution in [-0.4, -0.2) is 9.55 Å². The number of aryl methyl sites for hydroxylation is 1. The van der Waals surface area contributed by atoms with Crippen LogP contribution in [0.4, 0.5) is 18.9 Å². The van der Waals surface area contributed by atoms with Gasteiger partial charge in [-0.15, -0.1) is 0 Å². The molecule has 0 amide bonds. The van der Waals surface area contributed by atoms with Crippen molar-refractivity contribution in [2.24, 2.45) is 7.05 Å². The van der Waals surface area contributed by atoms with Crippen LogP contribution >= 0.6 is 11.6 Å². The standard InChI is InChI=1S/C12H11ClF3N3/c1-19-6-5-17-10(19)7-18-11-8(12(14,15)16)3-2-4-9(11)13/h2-6,18H,7H2,1H3. The fraction of sp³-hybridized carbons (Fsp3) is 0.250. The molecule has 3 nitrogen and oxygen atoms in total. The fourth-order valence-corrected chi connectivity index (χ4v) is 1.92. The Morgan fingerprint density at radius 1 is 1.37 bits per heavy atom. The molecule has 0 bridgehead atoms. The topological polar surface area (TPSA) is 29.9 Å². The largest absolute Gasteiger partial charge is 0.418 e. The smallest absolute Gasteiger partial charge is 0.376 e. The summed E-state index contributed by atoms with van der Waals surface area (Å²) in [6.07, 6.45) is -1.16. The van der Waals surface area contributed by atoms with Gasteiger partial charge in [0.05, 0.1) is 22.8 Å². The van der Waals surface area contributed by atoms with Crippen LogP contribution in [0.15, 0.2) is 30.6 Å². The van der Waals surface area contributed by atoms with Crippen molar-refractivity contribution in [1.29, 1.82) is 0 Å². The number of nitrogens with one attached hydrogen (secondary N) is 1. The summed E-state index contributed by atoms with van der Waals surface area (Å²) in [6.45, 7) is 0.163. The first kappa shape index (κ1) is 13.7. The maximum atomic E-state index is 12.9. The monoisotopic (exact) mass is 289 g/mol. The van der Waals surface area contributed by atoms with Gasteiger partial charge in [-0.1, -0.05) is 17.7 Å². The first-order valence-corrected chi connectivity index (χ1v) is 5.83. The van der Waals surface area contributed by atoms with Crippen LogP contribution in [0.25, 0.3) is 0 Å². The van der Waals surface area contributed by atoms with Crippen molar-refractivity contribution in [1.82, 2.24) is 9.55 Å². The number of rotatable bonds is 3. The molecule has 0 saturated heterocycles. The van der Waals surface area contributed by atoms with Gasteiger partial charge in [0.1, 0.15) is 5.82 Å². The predicted molar refractivity (Wildman–Crippen MR) is 67.0 cm³/mol. The summed E-state index contributed by atoms with van der Waals surface area (Å²) in [5.74, 6) is 0.619. The second-order valence-corrected chi connectivity index (χ2v) is 4.38. The van der Waals surface area contributed by atoms with Crippen molar-refractivity contribution < 1.29 is 13.2 Å². The Kier molecular flexibility index (Phi) is 3.71. The maximum absolute atomic E-state index is 12.9. The molecule has 0 fully saturated rings. The molecule has 0 radical (unpaired) electrons. The number of alkyl halides is 3. The molecule has 1 aromatic carbocycles. The van der Waals surface area contributed by atoms with Gasteiger partial charge in [-0.3, -0.25) is 0 Å². The molecule has 2 rings (SSSR count). The van der Waals surface area contributed by atoms with E-state index in [9.17, 15) is 13.2 Å². The van der Waals surface area contributed by atoms with Crippen molar-refractivity contribution in [2.75, 3.05) is 5.32 Å². The number of anilines is 1. The summed E-state index contributed by atoms with van der Waals surface area (Å²) < 4.78 is 40.3. The molecule has 0 aliphatic carbocycles. The number of hydrogen-bond donors (Lipinski definition) is 1. The molecule has 1 N–H and O–H groups in total. The Hall–Kier alpha value is -1.69. The average Bonchev–Trinajstić information content (AvgIpc) is 2.72. The molecule has 1 heterocycles. The van der Waals surface area contributed by atoms with E-state index in [2.05, 4.69) is 10.3 Å². The van der Waals surface area contributed by atoms with E-state index >= 15 is 0 Å². The van der Waals surface area contributed by atoms with Gasteiger partial charge in [-0.2, -0.15) is 13.2 Å². The van der Waals surface area contributed by atoms with E-state index in [1.165, 1.54) is 12.1 Å². The lowest BCUT2D eigenvalue weighted by atomic mass is 10.1. The molecule has 0 unspecified atom stereocenters. The second kappa shape index (κ2) is 5.13. The summed E-state index contributed by atoms with van der Waals surface area (Å²) in [6, 6.07) is 3.68. The van der Waals surface area contributed by atoms with Crippen LogP contribution in [0.1, 0.15) is 11.4 Å². The third-order valence-corrected chi connectivity index (χ3v) is 2.98. The number of benzene rings is 1. The number of imidazole rings is 1. The molecule has 0 atom stereocenters. The van der Waals surface area contributed by atoms with Gasteiger partial charge in [0.25, 0.3) is 0 Å². The van der Waals surface area contributed by atoms with Gasteiger partial charge >= 0.3 is 6.18 Å². The predicted octanol–water partition coefficient (Wildman–Crippen LogP) is 3.70. The summed E-state index contributed by atoms with van der Waals surface area (Å²) in [4.78, 5) is 4.03. The molecular weight excluding hydrogens is 279 g/mol. The van der Waals surface area contributed by atoms with Crippen molar-refractivity contribution in [3.63, 3.8) is 0 Å². The van der Waals surface area contributed by atoms with Crippen LogP contribution in [0.5, 0.6) is 0 Å². The van der Waals surface area contributed by atoms with Crippen LogP contribution in [0.3, 0.4) is 0 Å². The lowest BCUT2D eigenvalue weighted by Gasteiger charge is -2.15. The molecule has 102 valence electrons. The summed E-state index contributed by atoms with van der Waals surface area (Å²) in [5, 5.41) is 2.73. The molecule has 0 aliphatic heterocycles. The zero-order chi connectivity index (χ0) is 14.0. The average molecular weight is 290 g/mol. The molecule has 19 heavy (non-hydrogen) atoms. The Morgan fingerprint density at radius 3 is 2.68 bits per heavy atom. The minimum Gasteiger partial charge on any atom is -0.376 e.